The normalized spacial score (nSPS) is 19.4. The van der Waals surface area contributed by atoms with Gasteiger partial charge in [-0.15, -0.1) is 22.7 Å². The molecule has 5 atom stereocenters. The standard InChI is InChI=1S/C29H40N4O3S.C27H35FN4O3S.C2H6/c1-18(2)21-12-8-13-22(16-21)26(34)23-17-37-28(31-23)24-14-9-15-33(24)29(36)25(20-10-6-5-7-11-20)32-27(35)19(3)30-4;1-16-13-18(21-17(2)30-15-36-21)8-9-19(16)14-29-23(33)20-7-6-12-32(20)24(34)22(26(3,4)5)31-25(35)27(28)10-11-27;1-2/h8,12-13,16-20,24-25,30H,5-7,9-11,14-15H2,1-4H3,(H,32,35);8-9,13,15,20,22H,6-7,10-12,14H2,1-5H3,(H,29,33)(H,31,35);1-2H3/t19-,24?,25?;;/m0../s1. The fourth-order valence-electron chi connectivity index (χ4n) is 10.1. The molecular weight excluding hydrogens is 988 g/mol. The molecule has 5 amide bonds. The number of aromatic nitrogens is 2. The minimum atomic E-state index is -1.86. The van der Waals surface area contributed by atoms with E-state index in [4.69, 9.17) is 4.98 Å². The molecule has 0 radical (unpaired) electrons. The lowest BCUT2D eigenvalue weighted by Gasteiger charge is -2.35. The lowest BCUT2D eigenvalue weighted by molar-refractivity contribution is -0.144. The van der Waals surface area contributed by atoms with E-state index in [0.29, 0.717) is 49.7 Å². The number of amides is 5. The number of likely N-dealkylation sites (tertiary alicyclic amines) is 2. The van der Waals surface area contributed by atoms with Gasteiger partial charge < -0.3 is 31.1 Å². The van der Waals surface area contributed by atoms with Gasteiger partial charge in [-0.2, -0.15) is 0 Å². The van der Waals surface area contributed by atoms with Crippen LogP contribution in [-0.2, 0) is 30.5 Å². The van der Waals surface area contributed by atoms with E-state index in [0.717, 1.165) is 76.4 Å². The average molecular weight is 1070 g/mol. The van der Waals surface area contributed by atoms with Crippen molar-refractivity contribution in [1.29, 1.82) is 0 Å². The molecule has 4 heterocycles. The first kappa shape index (κ1) is 58.9. The molecule has 0 spiro atoms. The smallest absolute Gasteiger partial charge is 0.258 e. The van der Waals surface area contributed by atoms with Crippen LogP contribution < -0.4 is 21.3 Å². The van der Waals surface area contributed by atoms with Gasteiger partial charge in [-0.25, -0.2) is 14.4 Å². The first-order valence-electron chi connectivity index (χ1n) is 27.2. The Hall–Kier alpha value is -5.39. The summed E-state index contributed by atoms with van der Waals surface area (Å²) in [5, 5.41) is 14.3. The van der Waals surface area contributed by atoms with E-state index in [2.05, 4.69) is 46.2 Å². The maximum absolute atomic E-state index is 14.3. The molecule has 4 aromatic rings. The summed E-state index contributed by atoms with van der Waals surface area (Å²) in [6, 6.07) is 11.3. The number of nitrogens with one attached hydrogen (secondary N) is 4. The maximum atomic E-state index is 14.3. The number of ketones is 1. The van der Waals surface area contributed by atoms with Crippen LogP contribution in [0.25, 0.3) is 10.4 Å². The molecule has 408 valence electrons. The molecule has 4 fully saturated rings. The zero-order valence-electron chi connectivity index (χ0n) is 46.1. The molecule has 2 aliphatic carbocycles. The fourth-order valence-corrected chi connectivity index (χ4v) is 11.8. The summed E-state index contributed by atoms with van der Waals surface area (Å²) in [5.41, 5.74) is 5.70. The largest absolute Gasteiger partial charge is 0.350 e. The van der Waals surface area contributed by atoms with E-state index in [1.165, 1.54) is 17.8 Å². The Labute approximate surface area is 452 Å². The highest BCUT2D eigenvalue weighted by Crippen LogP contribution is 2.41. The Morgan fingerprint density at radius 2 is 1.53 bits per heavy atom. The molecule has 4 aliphatic rings. The molecule has 4 unspecified atom stereocenters. The van der Waals surface area contributed by atoms with Gasteiger partial charge in [0.2, 0.25) is 29.4 Å². The lowest BCUT2D eigenvalue weighted by atomic mass is 9.83. The van der Waals surface area contributed by atoms with Gasteiger partial charge >= 0.3 is 0 Å². The highest BCUT2D eigenvalue weighted by atomic mass is 32.1. The lowest BCUT2D eigenvalue weighted by Crippen LogP contribution is -2.58. The van der Waals surface area contributed by atoms with Crippen molar-refractivity contribution in [2.24, 2.45) is 11.3 Å². The van der Waals surface area contributed by atoms with Crippen LogP contribution in [0.4, 0.5) is 4.39 Å². The summed E-state index contributed by atoms with van der Waals surface area (Å²) >= 11 is 3.05. The zero-order valence-corrected chi connectivity index (χ0v) is 47.7. The number of benzene rings is 2. The molecule has 0 bridgehead atoms. The fraction of sp³-hybridized carbons (Fsp3) is 0.586. The van der Waals surface area contributed by atoms with Gasteiger partial charge in [-0.3, -0.25) is 28.8 Å². The molecule has 2 aromatic carbocycles. The highest BCUT2D eigenvalue weighted by molar-refractivity contribution is 7.13. The molecule has 75 heavy (non-hydrogen) atoms. The minimum Gasteiger partial charge on any atom is -0.350 e. The Bertz CT molecular complexity index is 2630. The van der Waals surface area contributed by atoms with Crippen LogP contribution >= 0.6 is 22.7 Å². The Balaban J connectivity index is 0.000000236. The van der Waals surface area contributed by atoms with Crippen molar-refractivity contribution in [3.8, 4) is 10.4 Å². The summed E-state index contributed by atoms with van der Waals surface area (Å²) in [4.78, 5) is 92.6. The molecule has 2 aromatic heterocycles. The summed E-state index contributed by atoms with van der Waals surface area (Å²) < 4.78 is 14.3. The second kappa shape index (κ2) is 26.1. The Kier molecular flexibility index (Phi) is 20.5. The topological polar surface area (TPSA) is 183 Å². The van der Waals surface area contributed by atoms with Crippen molar-refractivity contribution < 1.29 is 33.2 Å². The van der Waals surface area contributed by atoms with Gasteiger partial charge in [0.1, 0.15) is 28.8 Å². The molecule has 2 aliphatic heterocycles. The zero-order chi connectivity index (χ0) is 54.8. The number of aryl methyl sites for hydroxylation is 2. The predicted octanol–water partition coefficient (Wildman–Crippen LogP) is 9.93. The van der Waals surface area contributed by atoms with E-state index < -0.39 is 35.1 Å². The van der Waals surface area contributed by atoms with Gasteiger partial charge in [0.05, 0.1) is 28.2 Å². The number of likely N-dealkylation sites (N-methyl/N-ethyl adjacent to an activating group) is 1. The quantitative estimate of drug-likeness (QED) is 0.0794. The van der Waals surface area contributed by atoms with Crippen molar-refractivity contribution in [2.45, 2.75) is 188 Å². The number of hydrogen-bond acceptors (Lipinski definition) is 11. The van der Waals surface area contributed by atoms with E-state index in [1.54, 1.807) is 30.2 Å². The predicted molar refractivity (Wildman–Crippen MR) is 296 cm³/mol. The number of carbonyl (C=O) groups excluding carboxylic acids is 6. The number of nitrogens with zero attached hydrogens (tertiary/aromatic N) is 4. The van der Waals surface area contributed by atoms with Crippen LogP contribution in [0.3, 0.4) is 0 Å². The SMILES string of the molecule is CC.CN[C@@H](C)C(=O)NC(C(=O)N1CCCC1c1nc(C(=O)c2cccc(C(C)C)c2)cs1)C1CCCCC1.Cc1cc(-c2scnc2C)ccc1CNC(=O)C1CCCN1C(=O)C(NC(=O)C1(F)CC1)C(C)(C)C. The first-order valence-corrected chi connectivity index (χ1v) is 28.9. The summed E-state index contributed by atoms with van der Waals surface area (Å²) in [7, 11) is 1.75. The van der Waals surface area contributed by atoms with Crippen LogP contribution in [0.5, 0.6) is 0 Å². The monoisotopic (exact) mass is 1070 g/mol. The number of alkyl halides is 1. The van der Waals surface area contributed by atoms with E-state index in [1.807, 2.05) is 101 Å². The Morgan fingerprint density at radius 1 is 0.840 bits per heavy atom. The Morgan fingerprint density at radius 3 is 2.16 bits per heavy atom. The molecule has 14 nitrogen and oxygen atoms in total. The first-order chi connectivity index (χ1) is 35.7. The molecular formula is C58H81FN8O6S2. The van der Waals surface area contributed by atoms with Gasteiger partial charge in [0, 0.05) is 30.6 Å². The van der Waals surface area contributed by atoms with Crippen molar-refractivity contribution in [3.05, 3.63) is 92.0 Å². The molecule has 2 saturated carbocycles. The maximum Gasteiger partial charge on any atom is 0.258 e. The molecule has 2 saturated heterocycles. The van der Waals surface area contributed by atoms with Crippen LogP contribution in [0.1, 0.15) is 181 Å². The number of thiazole rings is 2. The van der Waals surface area contributed by atoms with Gasteiger partial charge in [-0.05, 0) is 125 Å². The number of hydrogen-bond donors (Lipinski definition) is 4. The summed E-state index contributed by atoms with van der Waals surface area (Å²) in [5.74, 6) is -1.05. The molecule has 8 rings (SSSR count). The van der Waals surface area contributed by atoms with Gasteiger partial charge in [0.15, 0.2) is 5.67 Å². The summed E-state index contributed by atoms with van der Waals surface area (Å²) in [6.07, 6.45) is 8.58. The van der Waals surface area contributed by atoms with Crippen molar-refractivity contribution >= 4 is 58.0 Å². The highest BCUT2D eigenvalue weighted by Gasteiger charge is 2.53. The van der Waals surface area contributed by atoms with Crippen LogP contribution in [0, 0.1) is 25.2 Å². The minimum absolute atomic E-state index is 0.0150. The molecule has 17 heteroatoms. The third-order valence-electron chi connectivity index (χ3n) is 15.0. The third-order valence-corrected chi connectivity index (χ3v) is 17.0. The van der Waals surface area contributed by atoms with E-state index >= 15 is 0 Å². The van der Waals surface area contributed by atoms with Gasteiger partial charge in [0.25, 0.3) is 5.91 Å². The number of halogens is 1. The average Bonchev–Trinajstić information content (AvgIpc) is 4.00. The van der Waals surface area contributed by atoms with E-state index in [9.17, 15) is 33.2 Å². The number of rotatable bonds is 16. The summed E-state index contributed by atoms with van der Waals surface area (Å²) in [6.45, 7) is 21.0. The second-order valence-electron chi connectivity index (χ2n) is 21.8. The van der Waals surface area contributed by atoms with Crippen LogP contribution in [0.2, 0.25) is 0 Å². The second-order valence-corrected chi connectivity index (χ2v) is 23.6. The van der Waals surface area contributed by atoms with Gasteiger partial charge in [-0.1, -0.05) is 104 Å². The van der Waals surface area contributed by atoms with Crippen molar-refractivity contribution in [3.63, 3.8) is 0 Å². The number of carbonyl (C=O) groups is 6. The molecule has 4 N–H and O–H groups in total. The van der Waals surface area contributed by atoms with Crippen molar-refractivity contribution in [2.75, 3.05) is 20.1 Å². The van der Waals surface area contributed by atoms with E-state index in [-0.39, 0.29) is 60.3 Å². The van der Waals surface area contributed by atoms with Crippen molar-refractivity contribution in [1.82, 2.24) is 41.0 Å². The third kappa shape index (κ3) is 14.6. The van der Waals surface area contributed by atoms with Crippen LogP contribution in [0.15, 0.2) is 53.4 Å². The van der Waals surface area contributed by atoms with Crippen LogP contribution in [-0.4, -0.2) is 105 Å².